The fourth-order valence-corrected chi connectivity index (χ4v) is 3.06. The second-order valence-electron chi connectivity index (χ2n) is 7.18. The van der Waals surface area contributed by atoms with Crippen LogP contribution in [-0.4, -0.2) is 12.1 Å². The van der Waals surface area contributed by atoms with E-state index in [9.17, 15) is 0 Å². The molecule has 1 aliphatic carbocycles. The molecule has 0 saturated heterocycles. The van der Waals surface area contributed by atoms with Gasteiger partial charge in [0.25, 0.3) is 0 Å². The maximum atomic E-state index is 3.88. The van der Waals surface area contributed by atoms with Gasteiger partial charge in [-0.2, -0.15) is 0 Å². The third-order valence-corrected chi connectivity index (χ3v) is 4.41. The Balaban J connectivity index is 2.27. The molecule has 0 aromatic rings. The lowest BCUT2D eigenvalue weighted by molar-refractivity contribution is 0.155. The molecule has 1 nitrogen and oxygen atoms in total. The molecular weight excluding hydrogens is 206 g/mol. The molecule has 2 unspecified atom stereocenters. The molecule has 1 aliphatic rings. The van der Waals surface area contributed by atoms with Crippen LogP contribution >= 0.6 is 0 Å². The molecule has 2 atom stereocenters. The normalized spacial score (nSPS) is 26.1. The van der Waals surface area contributed by atoms with Crippen molar-refractivity contribution in [2.45, 2.75) is 91.6 Å². The van der Waals surface area contributed by atoms with Crippen LogP contribution in [0, 0.1) is 11.3 Å². The molecule has 1 heteroatoms. The first-order chi connectivity index (χ1) is 7.92. The molecule has 0 aliphatic heterocycles. The summed E-state index contributed by atoms with van der Waals surface area (Å²) in [4.78, 5) is 0. The van der Waals surface area contributed by atoms with Gasteiger partial charge in [-0.15, -0.1) is 0 Å². The summed E-state index contributed by atoms with van der Waals surface area (Å²) in [6.45, 7) is 11.9. The van der Waals surface area contributed by atoms with Crippen molar-refractivity contribution in [3.05, 3.63) is 0 Å². The molecule has 1 fully saturated rings. The lowest BCUT2D eigenvalue weighted by Crippen LogP contribution is -2.47. The largest absolute Gasteiger partial charge is 0.311 e. The molecule has 0 aromatic carbocycles. The van der Waals surface area contributed by atoms with E-state index in [1.807, 2.05) is 0 Å². The van der Waals surface area contributed by atoms with E-state index in [4.69, 9.17) is 0 Å². The topological polar surface area (TPSA) is 12.0 Å². The van der Waals surface area contributed by atoms with Gasteiger partial charge >= 0.3 is 0 Å². The molecular formula is C16H33N. The average molecular weight is 239 g/mol. The Hall–Kier alpha value is -0.0400. The van der Waals surface area contributed by atoms with Crippen molar-refractivity contribution < 1.29 is 0 Å². The van der Waals surface area contributed by atoms with Crippen LogP contribution in [-0.2, 0) is 0 Å². The van der Waals surface area contributed by atoms with E-state index in [1.54, 1.807) is 0 Å². The van der Waals surface area contributed by atoms with Gasteiger partial charge in [0.1, 0.15) is 0 Å². The van der Waals surface area contributed by atoms with Crippen LogP contribution in [0.5, 0.6) is 0 Å². The van der Waals surface area contributed by atoms with Crippen molar-refractivity contribution in [3.63, 3.8) is 0 Å². The SMILES string of the molecule is CC(C)CCCC(C)NC1CCCCC1(C)C. The van der Waals surface area contributed by atoms with E-state index < -0.39 is 0 Å². The Morgan fingerprint density at radius 3 is 2.41 bits per heavy atom. The van der Waals surface area contributed by atoms with Gasteiger partial charge in [-0.1, -0.05) is 53.4 Å². The van der Waals surface area contributed by atoms with Gasteiger partial charge in [0.05, 0.1) is 0 Å². The lowest BCUT2D eigenvalue weighted by Gasteiger charge is -2.40. The predicted molar refractivity (Wildman–Crippen MR) is 77.3 cm³/mol. The lowest BCUT2D eigenvalue weighted by atomic mass is 9.73. The first-order valence-electron chi connectivity index (χ1n) is 7.68. The van der Waals surface area contributed by atoms with E-state index in [-0.39, 0.29) is 0 Å². The Morgan fingerprint density at radius 2 is 1.82 bits per heavy atom. The molecule has 0 bridgehead atoms. The maximum Gasteiger partial charge on any atom is 0.0121 e. The van der Waals surface area contributed by atoms with E-state index >= 15 is 0 Å². The molecule has 0 amide bonds. The third kappa shape index (κ3) is 5.42. The molecule has 0 spiro atoms. The van der Waals surface area contributed by atoms with Crippen LogP contribution in [0.4, 0.5) is 0 Å². The van der Waals surface area contributed by atoms with E-state index in [1.165, 1.54) is 44.9 Å². The van der Waals surface area contributed by atoms with Crippen LogP contribution in [0.1, 0.15) is 79.6 Å². The summed E-state index contributed by atoms with van der Waals surface area (Å²) in [5.41, 5.74) is 0.505. The third-order valence-electron chi connectivity index (χ3n) is 4.41. The molecule has 0 aromatic heterocycles. The summed E-state index contributed by atoms with van der Waals surface area (Å²) in [6.07, 6.45) is 9.70. The Labute approximate surface area is 109 Å². The highest BCUT2D eigenvalue weighted by Gasteiger charge is 2.32. The average Bonchev–Trinajstić information content (AvgIpc) is 2.20. The van der Waals surface area contributed by atoms with Crippen LogP contribution in [0.15, 0.2) is 0 Å². The zero-order valence-corrected chi connectivity index (χ0v) is 12.7. The van der Waals surface area contributed by atoms with Gasteiger partial charge in [-0.05, 0) is 37.5 Å². The van der Waals surface area contributed by atoms with Gasteiger partial charge in [-0.3, -0.25) is 0 Å². The minimum Gasteiger partial charge on any atom is -0.311 e. The standard InChI is InChI=1S/C16H33N/c1-13(2)9-8-10-14(3)17-15-11-6-7-12-16(15,4)5/h13-15,17H,6-12H2,1-5H3. The second kappa shape index (κ2) is 6.78. The van der Waals surface area contributed by atoms with Gasteiger partial charge in [0.15, 0.2) is 0 Å². The van der Waals surface area contributed by atoms with Crippen molar-refractivity contribution in [2.24, 2.45) is 11.3 Å². The van der Waals surface area contributed by atoms with Crippen molar-refractivity contribution in [2.75, 3.05) is 0 Å². The summed E-state index contributed by atoms with van der Waals surface area (Å²) >= 11 is 0. The molecule has 1 saturated carbocycles. The van der Waals surface area contributed by atoms with Crippen LogP contribution in [0.2, 0.25) is 0 Å². The molecule has 0 radical (unpaired) electrons. The Morgan fingerprint density at radius 1 is 1.12 bits per heavy atom. The summed E-state index contributed by atoms with van der Waals surface area (Å²) in [5.74, 6) is 0.855. The highest BCUT2D eigenvalue weighted by atomic mass is 15.0. The fraction of sp³-hybridized carbons (Fsp3) is 1.00. The minimum atomic E-state index is 0.505. The van der Waals surface area contributed by atoms with Gasteiger partial charge in [0, 0.05) is 12.1 Å². The zero-order valence-electron chi connectivity index (χ0n) is 12.7. The van der Waals surface area contributed by atoms with Crippen LogP contribution in [0.25, 0.3) is 0 Å². The first-order valence-corrected chi connectivity index (χ1v) is 7.68. The first kappa shape index (κ1) is 15.0. The van der Waals surface area contributed by atoms with E-state index in [0.29, 0.717) is 11.5 Å². The van der Waals surface area contributed by atoms with Gasteiger partial charge in [-0.25, -0.2) is 0 Å². The van der Waals surface area contributed by atoms with Crippen molar-refractivity contribution in [1.29, 1.82) is 0 Å². The zero-order chi connectivity index (χ0) is 12.9. The maximum absolute atomic E-state index is 3.88. The molecule has 1 N–H and O–H groups in total. The second-order valence-corrected chi connectivity index (χ2v) is 7.18. The number of hydrogen-bond donors (Lipinski definition) is 1. The van der Waals surface area contributed by atoms with Gasteiger partial charge < -0.3 is 5.32 Å². The number of hydrogen-bond acceptors (Lipinski definition) is 1. The highest BCUT2D eigenvalue weighted by molar-refractivity contribution is 4.89. The van der Waals surface area contributed by atoms with Crippen LogP contribution in [0.3, 0.4) is 0 Å². The Bertz CT molecular complexity index is 208. The molecule has 1 rings (SSSR count). The summed E-state index contributed by atoms with van der Waals surface area (Å²) in [6, 6.07) is 1.43. The molecule has 17 heavy (non-hydrogen) atoms. The predicted octanol–water partition coefficient (Wildman–Crippen LogP) is 4.76. The van der Waals surface area contributed by atoms with E-state index in [2.05, 4.69) is 39.9 Å². The van der Waals surface area contributed by atoms with Crippen molar-refractivity contribution >= 4 is 0 Å². The van der Waals surface area contributed by atoms with Crippen molar-refractivity contribution in [3.8, 4) is 0 Å². The summed E-state index contributed by atoms with van der Waals surface area (Å²) in [7, 11) is 0. The van der Waals surface area contributed by atoms with E-state index in [0.717, 1.165) is 12.0 Å². The molecule has 0 heterocycles. The number of nitrogens with one attached hydrogen (secondary N) is 1. The Kier molecular flexibility index (Phi) is 5.99. The van der Waals surface area contributed by atoms with Gasteiger partial charge in [0.2, 0.25) is 0 Å². The highest BCUT2D eigenvalue weighted by Crippen LogP contribution is 2.35. The summed E-state index contributed by atoms with van der Waals surface area (Å²) < 4.78 is 0. The fourth-order valence-electron chi connectivity index (χ4n) is 3.06. The smallest absolute Gasteiger partial charge is 0.0121 e. The molecule has 102 valence electrons. The van der Waals surface area contributed by atoms with Crippen LogP contribution < -0.4 is 5.32 Å². The quantitative estimate of drug-likeness (QED) is 0.704. The van der Waals surface area contributed by atoms with Crippen molar-refractivity contribution in [1.82, 2.24) is 5.32 Å². The summed E-state index contributed by atoms with van der Waals surface area (Å²) in [5, 5.41) is 3.88. The minimum absolute atomic E-state index is 0.505. The number of rotatable bonds is 6. The monoisotopic (exact) mass is 239 g/mol.